The molecule has 76 valence electrons. The minimum absolute atomic E-state index is 0.576. The third kappa shape index (κ3) is 1.74. The van der Waals surface area contributed by atoms with Gasteiger partial charge in [-0.3, -0.25) is 0 Å². The van der Waals surface area contributed by atoms with Crippen molar-refractivity contribution in [3.05, 3.63) is 23.9 Å². The maximum absolute atomic E-state index is 4.48. The summed E-state index contributed by atoms with van der Waals surface area (Å²) in [6.07, 6.45) is 2.00. The highest BCUT2D eigenvalue weighted by molar-refractivity contribution is 5.42. The van der Waals surface area contributed by atoms with E-state index in [4.69, 9.17) is 0 Å². The summed E-state index contributed by atoms with van der Waals surface area (Å²) in [4.78, 5) is 6.81. The molecule has 0 radical (unpaired) electrons. The predicted octanol–water partition coefficient (Wildman–Crippen LogP) is 2.66. The summed E-state index contributed by atoms with van der Waals surface area (Å²) < 4.78 is 0. The Balaban J connectivity index is 2.07. The highest BCUT2D eigenvalue weighted by atomic mass is 15.2. The Bertz CT molecular complexity index is 297. The van der Waals surface area contributed by atoms with Gasteiger partial charge < -0.3 is 4.90 Å². The molecule has 0 N–H and O–H groups in total. The molecule has 14 heavy (non-hydrogen) atoms. The number of nitrogens with zero attached hydrogens (tertiary/aromatic N) is 2. The van der Waals surface area contributed by atoms with Crippen LogP contribution < -0.4 is 4.90 Å². The van der Waals surface area contributed by atoms with Crippen LogP contribution in [0.5, 0.6) is 0 Å². The van der Waals surface area contributed by atoms with Crippen LogP contribution in [0.1, 0.15) is 32.3 Å². The monoisotopic (exact) mass is 190 g/mol. The van der Waals surface area contributed by atoms with E-state index in [-0.39, 0.29) is 0 Å². The van der Waals surface area contributed by atoms with Gasteiger partial charge in [0.2, 0.25) is 0 Å². The fraction of sp³-hybridized carbons (Fsp3) is 0.583. The molecule has 1 aliphatic rings. The Morgan fingerprint density at radius 2 is 2.07 bits per heavy atom. The van der Waals surface area contributed by atoms with Gasteiger partial charge in [-0.15, -0.1) is 0 Å². The first-order valence-corrected chi connectivity index (χ1v) is 5.37. The van der Waals surface area contributed by atoms with Gasteiger partial charge in [0.05, 0.1) is 0 Å². The van der Waals surface area contributed by atoms with E-state index >= 15 is 0 Å². The van der Waals surface area contributed by atoms with Gasteiger partial charge in [-0.1, -0.05) is 26.8 Å². The van der Waals surface area contributed by atoms with Crippen LogP contribution in [0, 0.1) is 5.92 Å². The molecule has 2 heterocycles. The minimum Gasteiger partial charge on any atom is -0.356 e. The molecule has 0 aromatic carbocycles. The van der Waals surface area contributed by atoms with Gasteiger partial charge in [0.25, 0.3) is 0 Å². The molecule has 1 saturated heterocycles. The number of aromatic nitrogens is 1. The standard InChI is InChI=1S/C12H18N2/c1-9(2)11-4-5-12(13-6-11)14-7-10(3)8-14/h4-6,9-10H,7-8H2,1-3H3. The lowest BCUT2D eigenvalue weighted by molar-refractivity contribution is 0.443. The maximum Gasteiger partial charge on any atom is 0.128 e. The average Bonchev–Trinajstić information content (AvgIpc) is 2.13. The summed E-state index contributed by atoms with van der Waals surface area (Å²) in [6.45, 7) is 8.99. The molecule has 1 aromatic rings. The first-order chi connectivity index (χ1) is 6.66. The summed E-state index contributed by atoms with van der Waals surface area (Å²) in [7, 11) is 0. The second-order valence-electron chi connectivity index (χ2n) is 4.61. The SMILES string of the molecule is CC1CN(c2ccc(C(C)C)cn2)C1. The van der Waals surface area contributed by atoms with E-state index in [1.807, 2.05) is 6.20 Å². The molecule has 0 saturated carbocycles. The van der Waals surface area contributed by atoms with E-state index in [1.54, 1.807) is 0 Å². The summed E-state index contributed by atoms with van der Waals surface area (Å²) >= 11 is 0. The Hall–Kier alpha value is -1.05. The molecular weight excluding hydrogens is 172 g/mol. The molecule has 0 spiro atoms. The van der Waals surface area contributed by atoms with E-state index in [1.165, 1.54) is 5.56 Å². The molecule has 0 atom stereocenters. The van der Waals surface area contributed by atoms with Gasteiger partial charge in [-0.25, -0.2) is 4.98 Å². The van der Waals surface area contributed by atoms with Crippen LogP contribution in [0.15, 0.2) is 18.3 Å². The molecular formula is C12H18N2. The van der Waals surface area contributed by atoms with Gasteiger partial charge >= 0.3 is 0 Å². The van der Waals surface area contributed by atoms with E-state index < -0.39 is 0 Å². The lowest BCUT2D eigenvalue weighted by Gasteiger charge is -2.38. The van der Waals surface area contributed by atoms with Crippen LogP contribution in [0.25, 0.3) is 0 Å². The molecule has 2 heteroatoms. The zero-order valence-electron chi connectivity index (χ0n) is 9.20. The molecule has 1 aromatic heterocycles. The number of anilines is 1. The first-order valence-electron chi connectivity index (χ1n) is 5.37. The summed E-state index contributed by atoms with van der Waals surface area (Å²) in [6, 6.07) is 4.33. The summed E-state index contributed by atoms with van der Waals surface area (Å²) in [5.41, 5.74) is 1.32. The molecule has 0 amide bonds. The lowest BCUT2D eigenvalue weighted by Crippen LogP contribution is -2.45. The zero-order chi connectivity index (χ0) is 10.1. The molecule has 1 aliphatic heterocycles. The fourth-order valence-electron chi connectivity index (χ4n) is 1.81. The van der Waals surface area contributed by atoms with Crippen molar-refractivity contribution in [1.29, 1.82) is 0 Å². The zero-order valence-corrected chi connectivity index (χ0v) is 9.20. The Morgan fingerprint density at radius 1 is 1.36 bits per heavy atom. The van der Waals surface area contributed by atoms with Gasteiger partial charge in [0.1, 0.15) is 5.82 Å². The van der Waals surface area contributed by atoms with E-state index in [2.05, 4.69) is 42.8 Å². The van der Waals surface area contributed by atoms with Crippen LogP contribution in [-0.2, 0) is 0 Å². The van der Waals surface area contributed by atoms with Gasteiger partial charge in [-0.05, 0) is 23.5 Å². The van der Waals surface area contributed by atoms with Crippen LogP contribution in [-0.4, -0.2) is 18.1 Å². The fourth-order valence-corrected chi connectivity index (χ4v) is 1.81. The van der Waals surface area contributed by atoms with Crippen LogP contribution >= 0.6 is 0 Å². The van der Waals surface area contributed by atoms with Gasteiger partial charge in [0.15, 0.2) is 0 Å². The van der Waals surface area contributed by atoms with Crippen molar-refractivity contribution in [3.8, 4) is 0 Å². The van der Waals surface area contributed by atoms with Crippen molar-refractivity contribution in [2.24, 2.45) is 5.92 Å². The Labute approximate surface area is 86.0 Å². The van der Waals surface area contributed by atoms with Crippen molar-refractivity contribution >= 4 is 5.82 Å². The van der Waals surface area contributed by atoms with Crippen molar-refractivity contribution in [3.63, 3.8) is 0 Å². The van der Waals surface area contributed by atoms with Crippen molar-refractivity contribution in [2.75, 3.05) is 18.0 Å². The third-order valence-electron chi connectivity index (χ3n) is 2.83. The molecule has 2 nitrogen and oxygen atoms in total. The van der Waals surface area contributed by atoms with Crippen molar-refractivity contribution < 1.29 is 0 Å². The van der Waals surface area contributed by atoms with Gasteiger partial charge in [0, 0.05) is 19.3 Å². The Morgan fingerprint density at radius 3 is 2.50 bits per heavy atom. The van der Waals surface area contributed by atoms with Crippen molar-refractivity contribution in [1.82, 2.24) is 4.98 Å². The van der Waals surface area contributed by atoms with E-state index in [0.717, 1.165) is 24.8 Å². The van der Waals surface area contributed by atoms with E-state index in [9.17, 15) is 0 Å². The normalized spacial score (nSPS) is 17.3. The Kier molecular flexibility index (Phi) is 2.44. The largest absolute Gasteiger partial charge is 0.356 e. The molecule has 0 unspecified atom stereocenters. The smallest absolute Gasteiger partial charge is 0.128 e. The quantitative estimate of drug-likeness (QED) is 0.712. The molecule has 0 bridgehead atoms. The van der Waals surface area contributed by atoms with Crippen LogP contribution in [0.3, 0.4) is 0 Å². The second kappa shape index (κ2) is 3.60. The molecule has 0 aliphatic carbocycles. The van der Waals surface area contributed by atoms with Crippen LogP contribution in [0.4, 0.5) is 5.82 Å². The highest BCUT2D eigenvalue weighted by Gasteiger charge is 2.23. The first kappa shape index (κ1) is 9.50. The lowest BCUT2D eigenvalue weighted by atomic mass is 10.0. The molecule has 1 fully saturated rings. The highest BCUT2D eigenvalue weighted by Crippen LogP contribution is 2.23. The van der Waals surface area contributed by atoms with Crippen LogP contribution in [0.2, 0.25) is 0 Å². The molecule has 2 rings (SSSR count). The number of pyridine rings is 1. The van der Waals surface area contributed by atoms with Crippen molar-refractivity contribution in [2.45, 2.75) is 26.7 Å². The number of rotatable bonds is 2. The maximum atomic E-state index is 4.48. The van der Waals surface area contributed by atoms with Gasteiger partial charge in [-0.2, -0.15) is 0 Å². The number of hydrogen-bond donors (Lipinski definition) is 0. The topological polar surface area (TPSA) is 16.1 Å². The second-order valence-corrected chi connectivity index (χ2v) is 4.61. The summed E-state index contributed by atoms with van der Waals surface area (Å²) in [5, 5.41) is 0. The third-order valence-corrected chi connectivity index (χ3v) is 2.83. The average molecular weight is 190 g/mol. The minimum atomic E-state index is 0.576. The van der Waals surface area contributed by atoms with E-state index in [0.29, 0.717) is 5.92 Å². The number of hydrogen-bond acceptors (Lipinski definition) is 2. The predicted molar refractivity (Wildman–Crippen MR) is 59.7 cm³/mol. The summed E-state index contributed by atoms with van der Waals surface area (Å²) in [5.74, 6) is 2.54.